The lowest BCUT2D eigenvalue weighted by atomic mass is 10.0. The molecule has 0 bridgehead atoms. The van der Waals surface area contributed by atoms with Gasteiger partial charge in [-0.15, -0.1) is 5.10 Å². The van der Waals surface area contributed by atoms with Crippen molar-refractivity contribution in [1.29, 1.82) is 0 Å². The normalized spacial score (nSPS) is 17.5. The largest absolute Gasteiger partial charge is 0.496 e. The molecule has 1 aromatic carbocycles. The van der Waals surface area contributed by atoms with Gasteiger partial charge < -0.3 is 15.4 Å². The van der Waals surface area contributed by atoms with Crippen LogP contribution >= 0.6 is 0 Å². The van der Waals surface area contributed by atoms with Gasteiger partial charge in [0, 0.05) is 19.2 Å². The maximum absolute atomic E-state index is 5.45. The number of methoxy groups -OCH3 is 1. The van der Waals surface area contributed by atoms with E-state index in [1.54, 1.807) is 7.11 Å². The summed E-state index contributed by atoms with van der Waals surface area (Å²) in [6.45, 7) is 0.880. The van der Waals surface area contributed by atoms with Gasteiger partial charge in [-0.3, -0.25) is 0 Å². The lowest BCUT2D eigenvalue weighted by Crippen LogP contribution is -2.25. The highest BCUT2D eigenvalue weighted by Crippen LogP contribution is 2.34. The Kier molecular flexibility index (Phi) is 2.98. The molecule has 0 saturated heterocycles. The van der Waals surface area contributed by atoms with Crippen molar-refractivity contribution < 1.29 is 4.74 Å². The molecule has 2 N–H and O–H groups in total. The minimum atomic E-state index is 0.155. The lowest BCUT2D eigenvalue weighted by Gasteiger charge is -2.25. The summed E-state index contributed by atoms with van der Waals surface area (Å²) < 4.78 is 7.37. The first-order valence-corrected chi connectivity index (χ1v) is 6.34. The minimum absolute atomic E-state index is 0.155. The van der Waals surface area contributed by atoms with Crippen molar-refractivity contribution in [2.75, 3.05) is 31.3 Å². The molecule has 0 fully saturated rings. The number of fused-ring (bicyclic) bond motifs is 1. The zero-order valence-electron chi connectivity index (χ0n) is 11.1. The van der Waals surface area contributed by atoms with Crippen LogP contribution in [0.2, 0.25) is 0 Å². The van der Waals surface area contributed by atoms with Gasteiger partial charge in [-0.05, 0) is 12.5 Å². The van der Waals surface area contributed by atoms with Gasteiger partial charge in [-0.2, -0.15) is 4.98 Å². The summed E-state index contributed by atoms with van der Waals surface area (Å²) in [5.41, 5.74) is 1.14. The molecule has 0 saturated carbocycles. The fraction of sp³-hybridized carbons (Fsp3) is 0.385. The quantitative estimate of drug-likeness (QED) is 0.879. The van der Waals surface area contributed by atoms with Crippen molar-refractivity contribution in [3.63, 3.8) is 0 Å². The van der Waals surface area contributed by atoms with E-state index in [9.17, 15) is 0 Å². The maximum Gasteiger partial charge on any atom is 0.243 e. The summed E-state index contributed by atoms with van der Waals surface area (Å²) in [6, 6.07) is 8.22. The molecule has 19 heavy (non-hydrogen) atoms. The van der Waals surface area contributed by atoms with E-state index in [4.69, 9.17) is 4.74 Å². The van der Waals surface area contributed by atoms with Crippen LogP contribution in [0.25, 0.3) is 0 Å². The summed E-state index contributed by atoms with van der Waals surface area (Å²) in [6.07, 6.45) is 0.958. The number of para-hydroxylation sites is 1. The average molecular weight is 259 g/mol. The third-order valence-electron chi connectivity index (χ3n) is 3.35. The van der Waals surface area contributed by atoms with Crippen molar-refractivity contribution in [1.82, 2.24) is 14.8 Å². The second-order valence-electron chi connectivity index (χ2n) is 4.43. The molecule has 6 heteroatoms. The first-order valence-electron chi connectivity index (χ1n) is 6.34. The monoisotopic (exact) mass is 259 g/mol. The molecule has 1 unspecified atom stereocenters. The van der Waals surface area contributed by atoms with Crippen molar-refractivity contribution in [2.45, 2.75) is 12.5 Å². The molecule has 0 spiro atoms. The second kappa shape index (κ2) is 4.79. The summed E-state index contributed by atoms with van der Waals surface area (Å²) in [4.78, 5) is 4.39. The molecule has 2 aromatic rings. The van der Waals surface area contributed by atoms with Crippen LogP contribution in [-0.4, -0.2) is 35.5 Å². The number of rotatable bonds is 3. The molecule has 0 aliphatic carbocycles. The predicted octanol–water partition coefficient (Wildman–Crippen LogP) is 1.73. The van der Waals surface area contributed by atoms with Crippen LogP contribution in [0.4, 0.5) is 11.9 Å². The molecule has 1 aliphatic rings. The van der Waals surface area contributed by atoms with Gasteiger partial charge >= 0.3 is 0 Å². The van der Waals surface area contributed by atoms with Gasteiger partial charge in [-0.1, -0.05) is 18.2 Å². The number of nitrogens with zero attached hydrogens (tertiary/aromatic N) is 3. The van der Waals surface area contributed by atoms with E-state index >= 15 is 0 Å². The number of hydrogen-bond acceptors (Lipinski definition) is 5. The summed E-state index contributed by atoms with van der Waals surface area (Å²) in [5.74, 6) is 2.32. The van der Waals surface area contributed by atoms with Crippen LogP contribution in [0.3, 0.4) is 0 Å². The zero-order valence-corrected chi connectivity index (χ0v) is 11.1. The van der Waals surface area contributed by atoms with Crippen LogP contribution in [0, 0.1) is 0 Å². The predicted molar refractivity (Wildman–Crippen MR) is 73.8 cm³/mol. The van der Waals surface area contributed by atoms with Gasteiger partial charge in [0.25, 0.3) is 0 Å². The number of nitrogens with one attached hydrogen (secondary N) is 2. The highest BCUT2D eigenvalue weighted by atomic mass is 16.5. The standard InChI is InChI=1S/C13H17N5O/c1-14-12-16-13-15-8-7-10(18(13)17-12)9-5-3-4-6-11(9)19-2/h3-6,10H,7-8H2,1-2H3,(H2,14,15,16,17). The fourth-order valence-electron chi connectivity index (χ4n) is 2.44. The maximum atomic E-state index is 5.45. The average Bonchev–Trinajstić information content (AvgIpc) is 2.90. The van der Waals surface area contributed by atoms with E-state index in [1.807, 2.05) is 29.9 Å². The van der Waals surface area contributed by atoms with Gasteiger partial charge in [0.2, 0.25) is 11.9 Å². The number of anilines is 2. The summed E-state index contributed by atoms with van der Waals surface area (Å²) in [7, 11) is 3.51. The lowest BCUT2D eigenvalue weighted by molar-refractivity contribution is 0.391. The molecule has 100 valence electrons. The van der Waals surface area contributed by atoms with E-state index in [-0.39, 0.29) is 6.04 Å². The van der Waals surface area contributed by atoms with Crippen molar-refractivity contribution >= 4 is 11.9 Å². The van der Waals surface area contributed by atoms with Gasteiger partial charge in [-0.25, -0.2) is 4.68 Å². The highest BCUT2D eigenvalue weighted by Gasteiger charge is 2.26. The molecule has 1 aromatic heterocycles. The third kappa shape index (κ3) is 1.99. The Labute approximate surface area is 111 Å². The van der Waals surface area contributed by atoms with E-state index in [0.29, 0.717) is 5.95 Å². The van der Waals surface area contributed by atoms with Crippen molar-refractivity contribution in [3.8, 4) is 5.75 Å². The Morgan fingerprint density at radius 2 is 2.26 bits per heavy atom. The van der Waals surface area contributed by atoms with Crippen LogP contribution in [0.5, 0.6) is 5.75 Å². The Hall–Kier alpha value is -2.24. The molecule has 2 heterocycles. The Morgan fingerprint density at radius 1 is 1.42 bits per heavy atom. The number of hydrogen-bond donors (Lipinski definition) is 2. The zero-order chi connectivity index (χ0) is 13.2. The minimum Gasteiger partial charge on any atom is -0.496 e. The number of benzene rings is 1. The molecule has 6 nitrogen and oxygen atoms in total. The Balaban J connectivity index is 2.05. The topological polar surface area (TPSA) is 64.0 Å². The van der Waals surface area contributed by atoms with E-state index in [0.717, 1.165) is 30.2 Å². The molecule has 0 radical (unpaired) electrons. The van der Waals surface area contributed by atoms with Crippen LogP contribution < -0.4 is 15.4 Å². The first-order chi connectivity index (χ1) is 9.33. The van der Waals surface area contributed by atoms with Crippen LogP contribution in [0.1, 0.15) is 18.0 Å². The van der Waals surface area contributed by atoms with Gasteiger partial charge in [0.1, 0.15) is 5.75 Å². The molecular formula is C13H17N5O. The summed E-state index contributed by atoms with van der Waals surface area (Å²) >= 11 is 0. The molecule has 0 amide bonds. The van der Waals surface area contributed by atoms with E-state index in [1.165, 1.54) is 0 Å². The van der Waals surface area contributed by atoms with Crippen molar-refractivity contribution in [2.24, 2.45) is 0 Å². The molecule has 1 aliphatic heterocycles. The molecular weight excluding hydrogens is 242 g/mol. The third-order valence-corrected chi connectivity index (χ3v) is 3.35. The number of ether oxygens (including phenoxy) is 1. The molecule has 1 atom stereocenters. The fourth-order valence-corrected chi connectivity index (χ4v) is 2.44. The second-order valence-corrected chi connectivity index (χ2v) is 4.43. The van der Waals surface area contributed by atoms with Gasteiger partial charge in [0.05, 0.1) is 13.2 Å². The highest BCUT2D eigenvalue weighted by molar-refractivity contribution is 5.42. The van der Waals surface area contributed by atoms with Crippen LogP contribution in [0.15, 0.2) is 24.3 Å². The van der Waals surface area contributed by atoms with Crippen LogP contribution in [-0.2, 0) is 0 Å². The van der Waals surface area contributed by atoms with Crippen molar-refractivity contribution in [3.05, 3.63) is 29.8 Å². The Bertz CT molecular complexity index is 580. The smallest absolute Gasteiger partial charge is 0.243 e. The number of aromatic nitrogens is 3. The Morgan fingerprint density at radius 3 is 3.05 bits per heavy atom. The van der Waals surface area contributed by atoms with Gasteiger partial charge in [0.15, 0.2) is 0 Å². The van der Waals surface area contributed by atoms with E-state index in [2.05, 4.69) is 26.8 Å². The van der Waals surface area contributed by atoms with E-state index < -0.39 is 0 Å². The summed E-state index contributed by atoms with van der Waals surface area (Å²) in [5, 5.41) is 10.7. The first kappa shape index (κ1) is 11.8. The molecule has 3 rings (SSSR count). The SMILES string of the molecule is CNc1nc2n(n1)C(c1ccccc1OC)CCN2.